The van der Waals surface area contributed by atoms with E-state index in [1.165, 1.54) is 11.1 Å². The molecule has 12 heavy (non-hydrogen) atoms. The number of halogens is 1. The molecule has 0 aliphatic rings. The molecule has 2 aromatic heterocycles. The lowest BCUT2D eigenvalue weighted by atomic mass is 10.3. The summed E-state index contributed by atoms with van der Waals surface area (Å²) in [5.74, 6) is 0. The molecule has 0 fully saturated rings. The maximum absolute atomic E-state index is 4.27. The second kappa shape index (κ2) is 2.90. The van der Waals surface area contributed by atoms with Gasteiger partial charge in [-0.15, -0.1) is 0 Å². The van der Waals surface area contributed by atoms with E-state index in [1.807, 2.05) is 9.66 Å². The van der Waals surface area contributed by atoms with E-state index in [-0.39, 0.29) is 0 Å². The average molecular weight is 225 g/mol. The lowest BCUT2D eigenvalue weighted by molar-refractivity contribution is 1.04. The Labute approximate surface area is 79.6 Å². The molecule has 0 atom stereocenters. The Bertz CT molecular complexity index is 406. The zero-order valence-corrected chi connectivity index (χ0v) is 8.37. The standard InChI is InChI=1S/C9H9BrN2/c1-2-8-6-7-4-3-5-11-9(7)12(8)10/h3-6H,2H2,1H3. The molecule has 3 heteroatoms. The van der Waals surface area contributed by atoms with Gasteiger partial charge in [-0.05, 0) is 24.6 Å². The summed E-state index contributed by atoms with van der Waals surface area (Å²) in [6.07, 6.45) is 2.82. The largest absolute Gasteiger partial charge is 0.264 e. The van der Waals surface area contributed by atoms with E-state index in [1.54, 1.807) is 6.20 Å². The Hall–Kier alpha value is -0.830. The van der Waals surface area contributed by atoms with E-state index >= 15 is 0 Å². The maximum Gasteiger partial charge on any atom is 0.150 e. The summed E-state index contributed by atoms with van der Waals surface area (Å²) in [5.41, 5.74) is 2.25. The number of hydrogen-bond acceptors (Lipinski definition) is 1. The molecular formula is C9H9BrN2. The van der Waals surface area contributed by atoms with Crippen LogP contribution >= 0.6 is 16.1 Å². The monoisotopic (exact) mass is 224 g/mol. The summed E-state index contributed by atoms with van der Waals surface area (Å²) < 4.78 is 1.96. The van der Waals surface area contributed by atoms with Crippen molar-refractivity contribution in [2.45, 2.75) is 13.3 Å². The van der Waals surface area contributed by atoms with Gasteiger partial charge in [0, 0.05) is 17.3 Å². The smallest absolute Gasteiger partial charge is 0.150 e. The molecule has 62 valence electrons. The van der Waals surface area contributed by atoms with Gasteiger partial charge in [0.15, 0.2) is 0 Å². The van der Waals surface area contributed by atoms with E-state index in [2.05, 4.69) is 40.2 Å². The molecule has 0 aliphatic carbocycles. The van der Waals surface area contributed by atoms with Crippen LogP contribution < -0.4 is 0 Å². The molecule has 0 radical (unpaired) electrons. The van der Waals surface area contributed by atoms with Crippen LogP contribution in [0.1, 0.15) is 12.6 Å². The van der Waals surface area contributed by atoms with Gasteiger partial charge >= 0.3 is 0 Å². The second-order valence-electron chi connectivity index (χ2n) is 2.69. The third-order valence-electron chi connectivity index (χ3n) is 1.94. The molecule has 2 rings (SSSR count). The van der Waals surface area contributed by atoms with E-state index in [0.717, 1.165) is 12.1 Å². The lowest BCUT2D eigenvalue weighted by Crippen LogP contribution is -1.87. The van der Waals surface area contributed by atoms with Crippen molar-refractivity contribution in [3.63, 3.8) is 0 Å². The van der Waals surface area contributed by atoms with Crippen LogP contribution in [0, 0.1) is 0 Å². The van der Waals surface area contributed by atoms with Crippen molar-refractivity contribution in [1.29, 1.82) is 0 Å². The van der Waals surface area contributed by atoms with Gasteiger partial charge in [0.05, 0.1) is 16.1 Å². The highest BCUT2D eigenvalue weighted by atomic mass is 79.9. The third-order valence-corrected chi connectivity index (χ3v) is 2.73. The van der Waals surface area contributed by atoms with Gasteiger partial charge in [-0.2, -0.15) is 0 Å². The van der Waals surface area contributed by atoms with Crippen LogP contribution in [0.4, 0.5) is 0 Å². The van der Waals surface area contributed by atoms with Gasteiger partial charge < -0.3 is 0 Å². The molecule has 0 saturated carbocycles. The summed E-state index contributed by atoms with van der Waals surface area (Å²) in [6, 6.07) is 6.17. The molecule has 2 aromatic rings. The number of fused-ring (bicyclic) bond motifs is 1. The van der Waals surface area contributed by atoms with Crippen molar-refractivity contribution in [1.82, 2.24) is 8.58 Å². The minimum Gasteiger partial charge on any atom is -0.264 e. The van der Waals surface area contributed by atoms with Gasteiger partial charge in [-0.3, -0.25) is 3.59 Å². The molecular weight excluding hydrogens is 216 g/mol. The fraction of sp³-hybridized carbons (Fsp3) is 0.222. The van der Waals surface area contributed by atoms with E-state index in [4.69, 9.17) is 0 Å². The predicted molar refractivity (Wildman–Crippen MR) is 53.4 cm³/mol. The Kier molecular flexibility index (Phi) is 1.89. The van der Waals surface area contributed by atoms with Crippen molar-refractivity contribution in [2.24, 2.45) is 0 Å². The Balaban J connectivity index is 2.78. The number of pyridine rings is 1. The molecule has 0 spiro atoms. The van der Waals surface area contributed by atoms with Crippen LogP contribution in [0.2, 0.25) is 0 Å². The minimum atomic E-state index is 0.995. The van der Waals surface area contributed by atoms with Crippen LogP contribution in [-0.4, -0.2) is 8.58 Å². The highest BCUT2D eigenvalue weighted by Crippen LogP contribution is 2.19. The lowest BCUT2D eigenvalue weighted by Gasteiger charge is -1.95. The molecule has 0 amide bonds. The fourth-order valence-corrected chi connectivity index (χ4v) is 1.95. The van der Waals surface area contributed by atoms with Crippen LogP contribution in [0.15, 0.2) is 24.4 Å². The Morgan fingerprint density at radius 3 is 3.08 bits per heavy atom. The number of nitrogens with zero attached hydrogens (tertiary/aromatic N) is 2. The molecule has 2 heterocycles. The quantitative estimate of drug-likeness (QED) is 0.729. The summed E-state index contributed by atoms with van der Waals surface area (Å²) in [7, 11) is 0. The molecule has 0 N–H and O–H groups in total. The maximum atomic E-state index is 4.27. The van der Waals surface area contributed by atoms with Crippen LogP contribution in [0.25, 0.3) is 11.0 Å². The first-order valence-electron chi connectivity index (χ1n) is 3.94. The fourth-order valence-electron chi connectivity index (χ4n) is 1.30. The van der Waals surface area contributed by atoms with Crippen molar-refractivity contribution in [3.05, 3.63) is 30.1 Å². The van der Waals surface area contributed by atoms with Gasteiger partial charge in [0.1, 0.15) is 5.65 Å². The normalized spacial score (nSPS) is 10.8. The summed E-state index contributed by atoms with van der Waals surface area (Å²) in [6.45, 7) is 2.13. The molecule has 0 unspecified atom stereocenters. The first kappa shape index (κ1) is 7.80. The molecule has 0 saturated heterocycles. The number of rotatable bonds is 1. The number of hydrogen-bond donors (Lipinski definition) is 0. The summed E-state index contributed by atoms with van der Waals surface area (Å²) >= 11 is 3.47. The molecule has 2 nitrogen and oxygen atoms in total. The zero-order valence-electron chi connectivity index (χ0n) is 6.79. The van der Waals surface area contributed by atoms with Crippen molar-refractivity contribution in [3.8, 4) is 0 Å². The molecule has 0 aliphatic heterocycles. The zero-order chi connectivity index (χ0) is 8.55. The average Bonchev–Trinajstić information content (AvgIpc) is 2.44. The summed E-state index contributed by atoms with van der Waals surface area (Å²) in [5, 5.41) is 1.19. The Morgan fingerprint density at radius 2 is 2.42 bits per heavy atom. The van der Waals surface area contributed by atoms with E-state index in [9.17, 15) is 0 Å². The minimum absolute atomic E-state index is 0.995. The Morgan fingerprint density at radius 1 is 1.58 bits per heavy atom. The predicted octanol–water partition coefficient (Wildman–Crippen LogP) is 2.76. The third kappa shape index (κ3) is 1.05. The van der Waals surface area contributed by atoms with Crippen molar-refractivity contribution < 1.29 is 0 Å². The molecule has 0 aromatic carbocycles. The van der Waals surface area contributed by atoms with Crippen LogP contribution in [0.3, 0.4) is 0 Å². The first-order chi connectivity index (χ1) is 5.83. The highest BCUT2D eigenvalue weighted by Gasteiger charge is 2.04. The molecule has 0 bridgehead atoms. The highest BCUT2D eigenvalue weighted by molar-refractivity contribution is 9.08. The van der Waals surface area contributed by atoms with E-state index in [0.29, 0.717) is 0 Å². The van der Waals surface area contributed by atoms with Gasteiger partial charge in [0.25, 0.3) is 0 Å². The van der Waals surface area contributed by atoms with Crippen LogP contribution in [-0.2, 0) is 6.42 Å². The first-order valence-corrected chi connectivity index (χ1v) is 4.65. The summed E-state index contributed by atoms with van der Waals surface area (Å²) in [4.78, 5) is 4.27. The number of aromatic nitrogens is 2. The van der Waals surface area contributed by atoms with Crippen molar-refractivity contribution >= 4 is 27.2 Å². The van der Waals surface area contributed by atoms with Gasteiger partial charge in [-0.1, -0.05) is 6.92 Å². The van der Waals surface area contributed by atoms with Crippen LogP contribution in [0.5, 0.6) is 0 Å². The van der Waals surface area contributed by atoms with Gasteiger partial charge in [-0.25, -0.2) is 4.98 Å². The topological polar surface area (TPSA) is 17.8 Å². The van der Waals surface area contributed by atoms with Gasteiger partial charge in [0.2, 0.25) is 0 Å². The second-order valence-corrected chi connectivity index (χ2v) is 3.40. The number of aryl methyl sites for hydroxylation is 1. The van der Waals surface area contributed by atoms with Crippen molar-refractivity contribution in [2.75, 3.05) is 0 Å². The van der Waals surface area contributed by atoms with E-state index < -0.39 is 0 Å². The SMILES string of the molecule is CCc1cc2cccnc2n1Br.